The maximum Gasteiger partial charge on any atom is 1.00 e. The second-order valence-electron chi connectivity index (χ2n) is 1.88. The van der Waals surface area contributed by atoms with E-state index in [1.807, 2.05) is 24.3 Å². The van der Waals surface area contributed by atoms with Crippen molar-refractivity contribution in [3.8, 4) is 11.5 Å². The number of ether oxygens (including phenoxy) is 2. The Morgan fingerprint density at radius 1 is 1.00 bits per heavy atom. The van der Waals surface area contributed by atoms with Gasteiger partial charge in [0.2, 0.25) is 0 Å². The molecule has 0 heterocycles. The molecule has 0 saturated heterocycles. The fourth-order valence-corrected chi connectivity index (χ4v) is 0.728. The van der Waals surface area contributed by atoms with Crippen molar-refractivity contribution in [3.63, 3.8) is 0 Å². The minimum absolute atomic E-state index is 0. The molecule has 0 amide bonds. The largest absolute Gasteiger partial charge is 1.00 e. The summed E-state index contributed by atoms with van der Waals surface area (Å²) >= 11 is 0. The third-order valence-corrected chi connectivity index (χ3v) is 1.28. The first-order valence-corrected chi connectivity index (χ1v) is 3.05. The molecule has 0 aliphatic carbocycles. The van der Waals surface area contributed by atoms with E-state index < -0.39 is 0 Å². The maximum atomic E-state index is 4.98. The van der Waals surface area contributed by atoms with E-state index in [-0.39, 0.29) is 65.6 Å². The Kier molecular flexibility index (Phi) is 10.4. The van der Waals surface area contributed by atoms with E-state index in [0.717, 1.165) is 11.5 Å². The smallest absolute Gasteiger partial charge is 0.497 e. The van der Waals surface area contributed by atoms with Gasteiger partial charge in [-0.05, 0) is 12.1 Å². The molecule has 0 atom stereocenters. The molecule has 0 saturated carbocycles. The van der Waals surface area contributed by atoms with Crippen molar-refractivity contribution in [2.45, 2.75) is 0 Å². The third-order valence-electron chi connectivity index (χ3n) is 1.28. The zero-order chi connectivity index (χ0) is 7.40. The van der Waals surface area contributed by atoms with Gasteiger partial charge in [-0.3, -0.25) is 0 Å². The Morgan fingerprint density at radius 3 is 1.75 bits per heavy atom. The van der Waals surface area contributed by atoms with Crippen LogP contribution in [0.15, 0.2) is 24.3 Å². The average Bonchev–Trinajstić information content (AvgIpc) is 2.05. The van der Waals surface area contributed by atoms with Crippen LogP contribution in [-0.2, 0) is 0 Å². The minimum Gasteiger partial charge on any atom is -0.497 e. The third kappa shape index (κ3) is 4.60. The normalized spacial score (nSPS) is 7.50. The molecular weight excluding hydrogens is 226 g/mol. The monoisotopic (exact) mass is 238 g/mol. The van der Waals surface area contributed by atoms with Gasteiger partial charge in [0.25, 0.3) is 0 Å². The molecule has 0 N–H and O–H groups in total. The van der Waals surface area contributed by atoms with Crippen LogP contribution in [0.3, 0.4) is 0 Å². The van der Waals surface area contributed by atoms with Gasteiger partial charge in [0, 0.05) is 6.07 Å². The van der Waals surface area contributed by atoms with E-state index in [0.29, 0.717) is 0 Å². The molecule has 1 aromatic carbocycles. The van der Waals surface area contributed by atoms with Crippen LogP contribution in [-0.4, -0.2) is 14.2 Å². The van der Waals surface area contributed by atoms with E-state index in [4.69, 9.17) is 9.47 Å². The summed E-state index contributed by atoms with van der Waals surface area (Å²) in [5.41, 5.74) is 0. The van der Waals surface area contributed by atoms with Crippen molar-refractivity contribution in [1.82, 2.24) is 0 Å². The maximum absolute atomic E-state index is 4.98. The van der Waals surface area contributed by atoms with E-state index in [1.54, 1.807) is 14.2 Å². The van der Waals surface area contributed by atoms with Gasteiger partial charge in [0.1, 0.15) is 11.5 Å². The van der Waals surface area contributed by atoms with Gasteiger partial charge in [-0.2, -0.15) is 0 Å². The SMILES string of the molecule is COc1cccc(OC)c1.[CH3-].[Rb+]. The fourth-order valence-electron chi connectivity index (χ4n) is 0.728. The first kappa shape index (κ1) is 15.1. The van der Waals surface area contributed by atoms with Crippen LogP contribution < -0.4 is 67.7 Å². The van der Waals surface area contributed by atoms with Gasteiger partial charge in [0.15, 0.2) is 0 Å². The van der Waals surface area contributed by atoms with E-state index in [9.17, 15) is 0 Å². The summed E-state index contributed by atoms with van der Waals surface area (Å²) < 4.78 is 9.95. The van der Waals surface area contributed by atoms with Crippen LogP contribution in [0.4, 0.5) is 0 Å². The molecule has 0 spiro atoms. The minimum atomic E-state index is 0. The van der Waals surface area contributed by atoms with E-state index in [1.165, 1.54) is 0 Å². The van der Waals surface area contributed by atoms with Crippen molar-refractivity contribution in [2.75, 3.05) is 14.2 Å². The number of rotatable bonds is 2. The van der Waals surface area contributed by atoms with Crippen LogP contribution in [0.25, 0.3) is 0 Å². The zero-order valence-corrected chi connectivity index (χ0v) is 13.0. The molecule has 0 aliphatic heterocycles. The number of benzene rings is 1. The molecular formula is C9H13O2Rb. The zero-order valence-electron chi connectivity index (χ0n) is 8.13. The number of hydrogen-bond acceptors (Lipinski definition) is 2. The van der Waals surface area contributed by atoms with Crippen molar-refractivity contribution >= 4 is 0 Å². The Labute approximate surface area is 123 Å². The van der Waals surface area contributed by atoms with Crippen molar-refractivity contribution in [3.05, 3.63) is 31.7 Å². The van der Waals surface area contributed by atoms with Crippen molar-refractivity contribution in [1.29, 1.82) is 0 Å². The van der Waals surface area contributed by atoms with Crippen LogP contribution >= 0.6 is 0 Å². The molecule has 0 aromatic heterocycles. The number of methoxy groups -OCH3 is 2. The molecule has 1 aromatic rings. The van der Waals surface area contributed by atoms with Gasteiger partial charge >= 0.3 is 58.2 Å². The van der Waals surface area contributed by atoms with E-state index >= 15 is 0 Å². The van der Waals surface area contributed by atoms with E-state index in [2.05, 4.69) is 0 Å². The predicted molar refractivity (Wildman–Crippen MR) is 46.0 cm³/mol. The van der Waals surface area contributed by atoms with Crippen molar-refractivity contribution < 1.29 is 67.7 Å². The Morgan fingerprint density at radius 2 is 1.42 bits per heavy atom. The quantitative estimate of drug-likeness (QED) is 0.626. The molecule has 0 radical (unpaired) electrons. The summed E-state index contributed by atoms with van der Waals surface area (Å²) in [4.78, 5) is 0. The summed E-state index contributed by atoms with van der Waals surface area (Å²) in [5, 5.41) is 0. The Hall–Kier alpha value is 0.625. The average molecular weight is 239 g/mol. The molecule has 12 heavy (non-hydrogen) atoms. The molecule has 2 nitrogen and oxygen atoms in total. The van der Waals surface area contributed by atoms with Gasteiger partial charge < -0.3 is 16.9 Å². The first-order valence-electron chi connectivity index (χ1n) is 3.05. The Bertz CT molecular complexity index is 194. The standard InChI is InChI=1S/C8H10O2.CH3.Rb/c1-9-7-4-3-5-8(6-7)10-2;;/h3-6H,1-2H3;1H3;/q;-1;+1. The summed E-state index contributed by atoms with van der Waals surface area (Å²) in [6.07, 6.45) is 0. The topological polar surface area (TPSA) is 18.5 Å². The van der Waals surface area contributed by atoms with Gasteiger partial charge in [-0.15, -0.1) is 0 Å². The summed E-state index contributed by atoms with van der Waals surface area (Å²) in [6, 6.07) is 7.47. The molecule has 0 bridgehead atoms. The van der Waals surface area contributed by atoms with Gasteiger partial charge in [-0.1, -0.05) is 6.07 Å². The van der Waals surface area contributed by atoms with Crippen molar-refractivity contribution in [2.24, 2.45) is 0 Å². The van der Waals surface area contributed by atoms with Gasteiger partial charge in [0.05, 0.1) is 14.2 Å². The predicted octanol–water partition coefficient (Wildman–Crippen LogP) is -0.842. The first-order chi connectivity index (χ1) is 4.86. The molecule has 0 aliphatic rings. The molecule has 1 rings (SSSR count). The molecule has 0 fully saturated rings. The molecule has 62 valence electrons. The molecule has 0 unspecified atom stereocenters. The molecule has 3 heteroatoms. The second-order valence-corrected chi connectivity index (χ2v) is 1.88. The second kappa shape index (κ2) is 8.23. The fraction of sp³-hybridized carbons (Fsp3) is 0.222. The van der Waals surface area contributed by atoms with Crippen LogP contribution in [0.1, 0.15) is 0 Å². The summed E-state index contributed by atoms with van der Waals surface area (Å²) in [7, 11) is 3.27. The van der Waals surface area contributed by atoms with Gasteiger partial charge in [-0.25, -0.2) is 0 Å². The van der Waals surface area contributed by atoms with Crippen LogP contribution in [0, 0.1) is 7.43 Å². The summed E-state index contributed by atoms with van der Waals surface area (Å²) in [6.45, 7) is 0. The summed E-state index contributed by atoms with van der Waals surface area (Å²) in [5.74, 6) is 1.64. The number of hydrogen-bond donors (Lipinski definition) is 0. The Balaban J connectivity index is 0. The van der Waals surface area contributed by atoms with Crippen LogP contribution in [0.2, 0.25) is 0 Å². The van der Waals surface area contributed by atoms with Crippen LogP contribution in [0.5, 0.6) is 11.5 Å².